The van der Waals surface area contributed by atoms with E-state index in [1.807, 2.05) is 48.5 Å². The van der Waals surface area contributed by atoms with Gasteiger partial charge in [-0.05, 0) is 53.6 Å². The third-order valence-corrected chi connectivity index (χ3v) is 3.89. The van der Waals surface area contributed by atoms with Gasteiger partial charge in [0.15, 0.2) is 0 Å². The lowest BCUT2D eigenvalue weighted by atomic mass is 10.1. The topological polar surface area (TPSA) is 38.3 Å². The van der Waals surface area contributed by atoms with Crippen LogP contribution in [0.2, 0.25) is 0 Å². The summed E-state index contributed by atoms with van der Waals surface area (Å²) in [6.45, 7) is 2.84. The van der Waals surface area contributed by atoms with Crippen molar-refractivity contribution in [3.8, 4) is 5.75 Å². The van der Waals surface area contributed by atoms with Gasteiger partial charge in [-0.25, -0.2) is 0 Å². The number of carbonyl (C=O) groups is 1. The Bertz CT molecular complexity index is 825. The van der Waals surface area contributed by atoms with E-state index in [2.05, 4.69) is 18.3 Å². The molecule has 24 heavy (non-hydrogen) atoms. The summed E-state index contributed by atoms with van der Waals surface area (Å²) < 4.78 is 5.62. The zero-order valence-corrected chi connectivity index (χ0v) is 13.8. The van der Waals surface area contributed by atoms with Gasteiger partial charge in [-0.15, -0.1) is 0 Å². The largest absolute Gasteiger partial charge is 0.494 e. The maximum Gasteiger partial charge on any atom is 0.255 e. The van der Waals surface area contributed by atoms with Gasteiger partial charge >= 0.3 is 0 Å². The first-order valence-corrected chi connectivity index (χ1v) is 8.29. The molecule has 0 fully saturated rings. The molecular formula is C21H21NO2. The van der Waals surface area contributed by atoms with Crippen LogP contribution in [0.15, 0.2) is 66.7 Å². The highest BCUT2D eigenvalue weighted by Gasteiger charge is 2.07. The number of carbonyl (C=O) groups excluding carboxylic acids is 1. The smallest absolute Gasteiger partial charge is 0.255 e. The Hall–Kier alpha value is -2.81. The third kappa shape index (κ3) is 3.93. The van der Waals surface area contributed by atoms with Gasteiger partial charge in [-0.2, -0.15) is 0 Å². The highest BCUT2D eigenvalue weighted by atomic mass is 16.5. The Morgan fingerprint density at radius 1 is 0.958 bits per heavy atom. The summed E-state index contributed by atoms with van der Waals surface area (Å²) in [4.78, 5) is 12.4. The van der Waals surface area contributed by atoms with E-state index in [0.29, 0.717) is 12.2 Å². The Balaban J connectivity index is 1.67. The lowest BCUT2D eigenvalue weighted by Gasteiger charge is -2.08. The lowest BCUT2D eigenvalue weighted by Crippen LogP contribution is -2.11. The van der Waals surface area contributed by atoms with Gasteiger partial charge in [0.2, 0.25) is 0 Å². The van der Waals surface area contributed by atoms with Gasteiger partial charge in [0.05, 0.1) is 6.61 Å². The zero-order chi connectivity index (χ0) is 16.8. The fraction of sp³-hybridized carbons (Fsp3) is 0.190. The first kappa shape index (κ1) is 16.1. The normalized spacial score (nSPS) is 10.5. The van der Waals surface area contributed by atoms with Crippen molar-refractivity contribution in [1.82, 2.24) is 0 Å². The molecule has 3 aromatic rings. The van der Waals surface area contributed by atoms with Crippen LogP contribution in [-0.2, 0) is 0 Å². The van der Waals surface area contributed by atoms with E-state index in [0.717, 1.165) is 35.1 Å². The molecule has 1 amide bonds. The second-order valence-corrected chi connectivity index (χ2v) is 5.74. The number of hydrogen-bond donors (Lipinski definition) is 1. The lowest BCUT2D eigenvalue weighted by molar-refractivity contribution is 0.102. The molecule has 0 heterocycles. The van der Waals surface area contributed by atoms with Crippen LogP contribution in [0, 0.1) is 0 Å². The van der Waals surface area contributed by atoms with Gasteiger partial charge in [-0.3, -0.25) is 4.79 Å². The third-order valence-electron chi connectivity index (χ3n) is 3.89. The maximum atomic E-state index is 12.4. The molecule has 0 aliphatic rings. The highest BCUT2D eigenvalue weighted by Crippen LogP contribution is 2.20. The van der Waals surface area contributed by atoms with Gasteiger partial charge in [0.1, 0.15) is 5.75 Å². The molecule has 0 radical (unpaired) electrons. The molecule has 0 unspecified atom stereocenters. The highest BCUT2D eigenvalue weighted by molar-refractivity contribution is 6.05. The summed E-state index contributed by atoms with van der Waals surface area (Å²) in [5.74, 6) is 0.677. The Morgan fingerprint density at radius 3 is 2.46 bits per heavy atom. The van der Waals surface area contributed by atoms with Gasteiger partial charge in [0, 0.05) is 11.3 Å². The first-order chi connectivity index (χ1) is 11.8. The van der Waals surface area contributed by atoms with Crippen molar-refractivity contribution in [3.05, 3.63) is 72.3 Å². The van der Waals surface area contributed by atoms with Crippen molar-refractivity contribution in [3.63, 3.8) is 0 Å². The van der Waals surface area contributed by atoms with Crippen LogP contribution in [0.25, 0.3) is 10.8 Å². The number of fused-ring (bicyclic) bond motifs is 1. The summed E-state index contributed by atoms with van der Waals surface area (Å²) in [7, 11) is 0. The molecule has 0 aliphatic heterocycles. The Labute approximate surface area is 142 Å². The molecule has 0 bridgehead atoms. The fourth-order valence-corrected chi connectivity index (χ4v) is 2.51. The second kappa shape index (κ2) is 7.64. The van der Waals surface area contributed by atoms with Gasteiger partial charge in [-0.1, -0.05) is 43.7 Å². The number of hydrogen-bond acceptors (Lipinski definition) is 2. The molecule has 0 saturated carbocycles. The minimum atomic E-state index is -0.120. The molecule has 122 valence electrons. The molecule has 0 saturated heterocycles. The second-order valence-electron chi connectivity index (χ2n) is 5.74. The summed E-state index contributed by atoms with van der Waals surface area (Å²) >= 11 is 0. The molecular weight excluding hydrogens is 298 g/mol. The number of rotatable bonds is 6. The van der Waals surface area contributed by atoms with E-state index in [-0.39, 0.29) is 5.91 Å². The van der Waals surface area contributed by atoms with Crippen LogP contribution in [0.3, 0.4) is 0 Å². The van der Waals surface area contributed by atoms with Crippen LogP contribution < -0.4 is 10.1 Å². The quantitative estimate of drug-likeness (QED) is 0.628. The van der Waals surface area contributed by atoms with E-state index in [1.165, 1.54) is 0 Å². The zero-order valence-electron chi connectivity index (χ0n) is 13.8. The van der Waals surface area contributed by atoms with Crippen LogP contribution >= 0.6 is 0 Å². The first-order valence-electron chi connectivity index (χ1n) is 8.29. The molecule has 0 aromatic heterocycles. The summed E-state index contributed by atoms with van der Waals surface area (Å²) in [5, 5.41) is 5.21. The Kier molecular flexibility index (Phi) is 5.12. The van der Waals surface area contributed by atoms with E-state index >= 15 is 0 Å². The van der Waals surface area contributed by atoms with Crippen molar-refractivity contribution in [1.29, 1.82) is 0 Å². The molecule has 0 spiro atoms. The molecule has 3 nitrogen and oxygen atoms in total. The number of nitrogens with one attached hydrogen (secondary N) is 1. The standard InChI is InChI=1S/C21H21NO2/c1-2-3-14-24-20-12-9-17(10-13-20)21(23)22-19-11-8-16-6-4-5-7-18(16)15-19/h4-13,15H,2-3,14H2,1H3,(H,22,23). The van der Waals surface area contributed by atoms with Gasteiger partial charge < -0.3 is 10.1 Å². The number of ether oxygens (including phenoxy) is 1. The Morgan fingerprint density at radius 2 is 1.71 bits per heavy atom. The predicted molar refractivity (Wildman–Crippen MR) is 98.7 cm³/mol. The van der Waals surface area contributed by atoms with Crippen molar-refractivity contribution < 1.29 is 9.53 Å². The summed E-state index contributed by atoms with van der Waals surface area (Å²) in [5.41, 5.74) is 1.41. The molecule has 0 aliphatic carbocycles. The van der Waals surface area contributed by atoms with Crippen molar-refractivity contribution in [2.45, 2.75) is 19.8 Å². The minimum Gasteiger partial charge on any atom is -0.494 e. The SMILES string of the molecule is CCCCOc1ccc(C(=O)Nc2ccc3ccccc3c2)cc1. The molecule has 0 atom stereocenters. The van der Waals surface area contributed by atoms with E-state index < -0.39 is 0 Å². The van der Waals surface area contributed by atoms with Crippen LogP contribution in [0.5, 0.6) is 5.75 Å². The summed E-state index contributed by atoms with van der Waals surface area (Å²) in [6, 6.07) is 21.3. The number of anilines is 1. The average molecular weight is 319 g/mol. The number of benzene rings is 3. The van der Waals surface area contributed by atoms with E-state index in [9.17, 15) is 4.79 Å². The van der Waals surface area contributed by atoms with Gasteiger partial charge in [0.25, 0.3) is 5.91 Å². The predicted octanol–water partition coefficient (Wildman–Crippen LogP) is 5.27. The molecule has 3 heteroatoms. The van der Waals surface area contributed by atoms with Crippen molar-refractivity contribution >= 4 is 22.4 Å². The molecule has 3 aromatic carbocycles. The van der Waals surface area contributed by atoms with Crippen molar-refractivity contribution in [2.24, 2.45) is 0 Å². The maximum absolute atomic E-state index is 12.4. The van der Waals surface area contributed by atoms with Crippen LogP contribution in [-0.4, -0.2) is 12.5 Å². The van der Waals surface area contributed by atoms with Crippen LogP contribution in [0.4, 0.5) is 5.69 Å². The molecule has 1 N–H and O–H groups in total. The average Bonchev–Trinajstić information content (AvgIpc) is 2.62. The number of unbranched alkanes of at least 4 members (excludes halogenated alkanes) is 1. The summed E-state index contributed by atoms with van der Waals surface area (Å²) in [6.07, 6.45) is 2.14. The molecule has 3 rings (SSSR count). The monoisotopic (exact) mass is 319 g/mol. The number of amides is 1. The van der Waals surface area contributed by atoms with Crippen molar-refractivity contribution in [2.75, 3.05) is 11.9 Å². The van der Waals surface area contributed by atoms with Crippen LogP contribution in [0.1, 0.15) is 30.1 Å². The van der Waals surface area contributed by atoms with E-state index in [1.54, 1.807) is 12.1 Å². The fourth-order valence-electron chi connectivity index (χ4n) is 2.51. The minimum absolute atomic E-state index is 0.120. The van der Waals surface area contributed by atoms with E-state index in [4.69, 9.17) is 4.74 Å².